The molecule has 1 amide bonds. The molecule has 1 aromatic rings. The van der Waals surface area contributed by atoms with Gasteiger partial charge in [-0.3, -0.25) is 19.7 Å². The van der Waals surface area contributed by atoms with E-state index >= 15 is 0 Å². The van der Waals surface area contributed by atoms with Crippen molar-refractivity contribution in [3.8, 4) is 0 Å². The first-order chi connectivity index (χ1) is 11.1. The lowest BCUT2D eigenvalue weighted by Crippen LogP contribution is -2.33. The van der Waals surface area contributed by atoms with Crippen molar-refractivity contribution in [3.05, 3.63) is 33.9 Å². The molecule has 1 aliphatic rings. The summed E-state index contributed by atoms with van der Waals surface area (Å²) in [6, 6.07) is 2.59. The maximum atomic E-state index is 12.3. The van der Waals surface area contributed by atoms with Gasteiger partial charge in [-0.05, 0) is 25.3 Å². The van der Waals surface area contributed by atoms with Crippen molar-refractivity contribution in [1.29, 1.82) is 0 Å². The summed E-state index contributed by atoms with van der Waals surface area (Å²) in [5, 5.41) is 22.5. The molecule has 0 heterocycles. The largest absolute Gasteiger partial charge is 0.481 e. The van der Waals surface area contributed by atoms with E-state index in [9.17, 15) is 28.1 Å². The molecule has 0 aliphatic heterocycles. The Morgan fingerprint density at radius 3 is 2.46 bits per heavy atom. The molecule has 1 aromatic carbocycles. The minimum Gasteiger partial charge on any atom is -0.481 e. The molecule has 0 radical (unpaired) electrons. The lowest BCUT2D eigenvalue weighted by molar-refractivity contribution is -0.385. The fraction of sp³-hybridized carbons (Fsp3) is 0.429. The van der Waals surface area contributed by atoms with E-state index in [4.69, 9.17) is 5.11 Å². The van der Waals surface area contributed by atoms with Gasteiger partial charge >= 0.3 is 5.97 Å². The molecule has 2 atom stereocenters. The summed E-state index contributed by atoms with van der Waals surface area (Å²) in [6.07, 6.45) is 2.08. The van der Waals surface area contributed by atoms with Crippen molar-refractivity contribution in [3.63, 3.8) is 0 Å². The molecule has 0 saturated heterocycles. The Labute approximate surface area is 137 Å². The van der Waals surface area contributed by atoms with E-state index in [1.807, 2.05) is 0 Å². The Bertz CT molecular complexity index is 803. The number of amides is 1. The lowest BCUT2D eigenvalue weighted by atomic mass is 10.1. The number of hydrogen-bond acceptors (Lipinski definition) is 6. The number of carbonyl (C=O) groups is 2. The first-order valence-electron chi connectivity index (χ1n) is 7.11. The first-order valence-corrected chi connectivity index (χ1v) is 9.00. The van der Waals surface area contributed by atoms with Gasteiger partial charge in [-0.25, -0.2) is 8.42 Å². The molecular weight excluding hydrogens is 340 g/mol. The number of carboxylic acids is 1. The maximum absolute atomic E-state index is 12.3. The second-order valence-corrected chi connectivity index (χ2v) is 7.78. The topological polar surface area (TPSA) is 144 Å². The lowest BCUT2D eigenvalue weighted by Gasteiger charge is -2.13. The number of sulfone groups is 1. The highest BCUT2D eigenvalue weighted by Gasteiger charge is 2.31. The third kappa shape index (κ3) is 4.07. The number of nitrogens with one attached hydrogen (secondary N) is 1. The number of nitro benzene ring substituents is 1. The van der Waals surface area contributed by atoms with Gasteiger partial charge in [0.2, 0.25) is 0 Å². The summed E-state index contributed by atoms with van der Waals surface area (Å²) in [5.74, 6) is -2.13. The zero-order chi connectivity index (χ0) is 18.1. The molecule has 1 saturated carbocycles. The second kappa shape index (κ2) is 6.56. The standard InChI is InChI=1S/C14H16N2O7S/c1-24(22,23)12-6-9(5-11(7-12)16(20)21)13(17)15-10-3-2-8(4-10)14(18)19/h5-8,10H,2-4H2,1H3,(H,15,17)(H,18,19)/t8-,10+/m0/s1. The fourth-order valence-corrected chi connectivity index (χ4v) is 3.32. The van der Waals surface area contributed by atoms with Crippen molar-refractivity contribution < 1.29 is 28.0 Å². The summed E-state index contributed by atoms with van der Waals surface area (Å²) in [6.45, 7) is 0. The molecule has 0 bridgehead atoms. The smallest absolute Gasteiger partial charge is 0.306 e. The van der Waals surface area contributed by atoms with Crippen molar-refractivity contribution in [2.24, 2.45) is 5.92 Å². The van der Waals surface area contributed by atoms with Crippen LogP contribution in [0.15, 0.2) is 23.1 Å². The maximum Gasteiger partial charge on any atom is 0.306 e. The van der Waals surface area contributed by atoms with Gasteiger partial charge < -0.3 is 10.4 Å². The minimum atomic E-state index is -3.72. The summed E-state index contributed by atoms with van der Waals surface area (Å²) in [4.78, 5) is 33.0. The Balaban J connectivity index is 2.24. The van der Waals surface area contributed by atoms with Crippen LogP contribution in [0.1, 0.15) is 29.6 Å². The molecule has 24 heavy (non-hydrogen) atoms. The molecule has 9 nitrogen and oxygen atoms in total. The highest BCUT2D eigenvalue weighted by atomic mass is 32.2. The number of rotatable bonds is 5. The number of nitro groups is 1. The summed E-state index contributed by atoms with van der Waals surface area (Å²) >= 11 is 0. The average molecular weight is 356 g/mol. The number of non-ortho nitro benzene ring substituents is 1. The van der Waals surface area contributed by atoms with Crippen LogP contribution in [-0.2, 0) is 14.6 Å². The predicted molar refractivity (Wildman–Crippen MR) is 82.4 cm³/mol. The zero-order valence-corrected chi connectivity index (χ0v) is 13.6. The van der Waals surface area contributed by atoms with E-state index in [2.05, 4.69) is 5.32 Å². The molecule has 1 aliphatic carbocycles. The van der Waals surface area contributed by atoms with Crippen LogP contribution >= 0.6 is 0 Å². The fourth-order valence-electron chi connectivity index (χ4n) is 2.64. The van der Waals surface area contributed by atoms with E-state index in [0.29, 0.717) is 12.8 Å². The molecular formula is C14H16N2O7S. The quantitative estimate of drug-likeness (QED) is 0.591. The Morgan fingerprint density at radius 1 is 1.29 bits per heavy atom. The molecule has 0 aromatic heterocycles. The highest BCUT2D eigenvalue weighted by Crippen LogP contribution is 2.26. The Hall–Kier alpha value is -2.49. The van der Waals surface area contributed by atoms with Crippen molar-refractivity contribution in [1.82, 2.24) is 5.32 Å². The molecule has 10 heteroatoms. The van der Waals surface area contributed by atoms with Crippen LogP contribution < -0.4 is 5.32 Å². The number of nitrogens with zero attached hydrogens (tertiary/aromatic N) is 1. The van der Waals surface area contributed by atoms with Crippen LogP contribution in [0, 0.1) is 16.0 Å². The average Bonchev–Trinajstić information content (AvgIpc) is 2.94. The summed E-state index contributed by atoms with van der Waals surface area (Å²) in [7, 11) is -3.72. The molecule has 2 rings (SSSR count). The van der Waals surface area contributed by atoms with E-state index in [1.54, 1.807) is 0 Å². The van der Waals surface area contributed by atoms with Gasteiger partial charge in [0.1, 0.15) is 0 Å². The molecule has 0 spiro atoms. The van der Waals surface area contributed by atoms with E-state index in [1.165, 1.54) is 0 Å². The second-order valence-electron chi connectivity index (χ2n) is 5.76. The van der Waals surface area contributed by atoms with Gasteiger partial charge in [0.05, 0.1) is 15.7 Å². The van der Waals surface area contributed by atoms with Gasteiger partial charge in [-0.1, -0.05) is 0 Å². The van der Waals surface area contributed by atoms with Gasteiger partial charge in [0, 0.05) is 30.0 Å². The number of carboxylic acid groups (broad SMARTS) is 1. The first kappa shape index (κ1) is 17.9. The third-order valence-corrected chi connectivity index (χ3v) is 5.00. The van der Waals surface area contributed by atoms with E-state index in [-0.39, 0.29) is 22.9 Å². The van der Waals surface area contributed by atoms with Crippen LogP contribution in [0.4, 0.5) is 5.69 Å². The highest BCUT2D eigenvalue weighted by molar-refractivity contribution is 7.90. The minimum absolute atomic E-state index is 0.150. The summed E-state index contributed by atoms with van der Waals surface area (Å²) in [5.41, 5.74) is -0.652. The van der Waals surface area contributed by atoms with Crippen molar-refractivity contribution >= 4 is 27.4 Å². The normalized spacial score (nSPS) is 20.5. The van der Waals surface area contributed by atoms with Gasteiger partial charge in [0.25, 0.3) is 11.6 Å². The predicted octanol–water partition coefficient (Wildman–Crippen LogP) is 0.981. The van der Waals surface area contributed by atoms with Crippen molar-refractivity contribution in [2.45, 2.75) is 30.2 Å². The summed E-state index contributed by atoms with van der Waals surface area (Å²) < 4.78 is 23.3. The number of carbonyl (C=O) groups excluding carboxylic acids is 1. The van der Waals surface area contributed by atoms with Crippen LogP contribution in [-0.4, -0.2) is 42.6 Å². The van der Waals surface area contributed by atoms with Crippen LogP contribution in [0.25, 0.3) is 0 Å². The Morgan fingerprint density at radius 2 is 1.96 bits per heavy atom. The van der Waals surface area contributed by atoms with Gasteiger partial charge in [0.15, 0.2) is 9.84 Å². The third-order valence-electron chi connectivity index (χ3n) is 3.91. The van der Waals surface area contributed by atoms with Crippen LogP contribution in [0.5, 0.6) is 0 Å². The Kier molecular flexibility index (Phi) is 4.88. The molecule has 130 valence electrons. The van der Waals surface area contributed by atoms with Crippen molar-refractivity contribution in [2.75, 3.05) is 6.26 Å². The van der Waals surface area contributed by atoms with E-state index < -0.39 is 38.2 Å². The van der Waals surface area contributed by atoms with E-state index in [0.717, 1.165) is 24.5 Å². The SMILES string of the molecule is CS(=O)(=O)c1cc(C(=O)N[C@@H]2CC[C@H](C(=O)O)C2)cc([N+](=O)[O-])c1. The monoisotopic (exact) mass is 356 g/mol. The van der Waals surface area contributed by atoms with Crippen LogP contribution in [0.3, 0.4) is 0 Å². The number of benzene rings is 1. The zero-order valence-electron chi connectivity index (χ0n) is 12.8. The van der Waals surface area contributed by atoms with Crippen LogP contribution in [0.2, 0.25) is 0 Å². The molecule has 1 fully saturated rings. The van der Waals surface area contributed by atoms with Gasteiger partial charge in [-0.15, -0.1) is 0 Å². The number of hydrogen-bond donors (Lipinski definition) is 2. The molecule has 2 N–H and O–H groups in total. The number of aliphatic carboxylic acids is 1. The molecule has 0 unspecified atom stereocenters. The van der Waals surface area contributed by atoms with Gasteiger partial charge in [-0.2, -0.15) is 0 Å².